The highest BCUT2D eigenvalue weighted by Gasteiger charge is 2.19. The lowest BCUT2D eigenvalue weighted by atomic mass is 10.2. The van der Waals surface area contributed by atoms with E-state index >= 15 is 0 Å². The van der Waals surface area contributed by atoms with Gasteiger partial charge in [0.2, 0.25) is 11.1 Å². The van der Waals surface area contributed by atoms with Crippen molar-refractivity contribution in [3.05, 3.63) is 0 Å². The first-order chi connectivity index (χ1) is 9.69. The minimum absolute atomic E-state index is 0.0688. The van der Waals surface area contributed by atoms with Gasteiger partial charge in [0.25, 0.3) is 0 Å². The molecule has 1 fully saturated rings. The molecule has 10 heteroatoms. The molecule has 20 heavy (non-hydrogen) atoms. The van der Waals surface area contributed by atoms with E-state index in [2.05, 4.69) is 26.2 Å². The molecule has 1 aromatic rings. The van der Waals surface area contributed by atoms with Gasteiger partial charge in [-0.25, -0.2) is 9.48 Å². The Hall–Kier alpha value is -1.68. The zero-order valence-corrected chi connectivity index (χ0v) is 11.9. The van der Waals surface area contributed by atoms with Gasteiger partial charge in [-0.1, -0.05) is 11.8 Å². The molecular weight excluding hydrogens is 284 g/mol. The molecule has 2 heterocycles. The third-order valence-electron chi connectivity index (χ3n) is 2.71. The van der Waals surface area contributed by atoms with Crippen LogP contribution in [-0.2, 0) is 16.1 Å². The van der Waals surface area contributed by atoms with Gasteiger partial charge in [-0.2, -0.15) is 0 Å². The lowest BCUT2D eigenvalue weighted by molar-refractivity contribution is -0.117. The van der Waals surface area contributed by atoms with Gasteiger partial charge >= 0.3 is 6.03 Å². The van der Waals surface area contributed by atoms with Crippen LogP contribution >= 0.6 is 11.8 Å². The minimum Gasteiger partial charge on any atom is -0.376 e. The summed E-state index contributed by atoms with van der Waals surface area (Å²) in [5.74, 6) is -0.333. The number of rotatable bonds is 5. The lowest BCUT2D eigenvalue weighted by Crippen LogP contribution is -2.38. The van der Waals surface area contributed by atoms with Gasteiger partial charge in [-0.05, 0) is 23.3 Å². The van der Waals surface area contributed by atoms with Crippen LogP contribution in [0.5, 0.6) is 0 Å². The number of nitrogens with zero attached hydrogens (tertiary/aromatic N) is 4. The number of imide groups is 1. The normalized spacial score (nSPS) is 17.9. The summed E-state index contributed by atoms with van der Waals surface area (Å²) < 4.78 is 7.14. The number of carbonyl (C=O) groups excluding carboxylic acids is 2. The number of urea groups is 1. The molecule has 1 aliphatic heterocycles. The predicted octanol–water partition coefficient (Wildman–Crippen LogP) is -0.600. The summed E-state index contributed by atoms with van der Waals surface area (Å²) in [4.78, 5) is 22.4. The van der Waals surface area contributed by atoms with Crippen LogP contribution in [0.15, 0.2) is 5.16 Å². The Morgan fingerprint density at radius 3 is 3.10 bits per heavy atom. The van der Waals surface area contributed by atoms with E-state index in [1.54, 1.807) is 4.68 Å². The predicted molar refractivity (Wildman–Crippen MR) is 70.1 cm³/mol. The van der Waals surface area contributed by atoms with Crippen molar-refractivity contribution in [3.63, 3.8) is 0 Å². The van der Waals surface area contributed by atoms with Crippen molar-refractivity contribution in [1.82, 2.24) is 30.8 Å². The Kier molecular flexibility index (Phi) is 5.30. The molecule has 1 saturated heterocycles. The molecular formula is C10H16N6O3S. The molecule has 0 aliphatic carbocycles. The van der Waals surface area contributed by atoms with Crippen molar-refractivity contribution in [2.75, 3.05) is 19.4 Å². The Balaban J connectivity index is 1.82. The zero-order chi connectivity index (χ0) is 14.4. The van der Waals surface area contributed by atoms with E-state index in [-0.39, 0.29) is 11.9 Å². The van der Waals surface area contributed by atoms with Gasteiger partial charge in [-0.3, -0.25) is 10.1 Å². The molecule has 0 bridgehead atoms. The third kappa shape index (κ3) is 4.17. The lowest BCUT2D eigenvalue weighted by Gasteiger charge is -2.09. The summed E-state index contributed by atoms with van der Waals surface area (Å²) in [5.41, 5.74) is 0. The van der Waals surface area contributed by atoms with E-state index in [9.17, 15) is 9.59 Å². The molecule has 3 amide bonds. The quantitative estimate of drug-likeness (QED) is 0.698. The van der Waals surface area contributed by atoms with E-state index in [1.165, 1.54) is 18.8 Å². The van der Waals surface area contributed by atoms with E-state index in [0.29, 0.717) is 11.7 Å². The zero-order valence-electron chi connectivity index (χ0n) is 11.0. The first-order valence-corrected chi connectivity index (χ1v) is 7.19. The summed E-state index contributed by atoms with van der Waals surface area (Å²) in [7, 11) is 1.44. The van der Waals surface area contributed by atoms with E-state index in [0.717, 1.165) is 19.4 Å². The van der Waals surface area contributed by atoms with Crippen molar-refractivity contribution in [1.29, 1.82) is 0 Å². The first-order valence-electron chi connectivity index (χ1n) is 6.21. The van der Waals surface area contributed by atoms with Crippen LogP contribution in [0.2, 0.25) is 0 Å². The molecule has 2 rings (SSSR count). The number of hydrogen-bond donors (Lipinski definition) is 2. The molecule has 110 valence electrons. The highest BCUT2D eigenvalue weighted by atomic mass is 32.2. The van der Waals surface area contributed by atoms with Crippen molar-refractivity contribution >= 4 is 23.7 Å². The maximum Gasteiger partial charge on any atom is 0.321 e. The molecule has 9 nitrogen and oxygen atoms in total. The van der Waals surface area contributed by atoms with E-state index in [1.807, 2.05) is 0 Å². The number of aromatic nitrogens is 4. The standard InChI is InChI=1S/C10H16N6O3S/c1-11-9(18)12-8(17)6-20-10-13-14-15-16(10)5-7-3-2-4-19-7/h7H,2-6H2,1H3,(H2,11,12,17,18)/t7-/m0/s1. The van der Waals surface area contributed by atoms with Crippen molar-refractivity contribution < 1.29 is 14.3 Å². The topological polar surface area (TPSA) is 111 Å². The summed E-state index contributed by atoms with van der Waals surface area (Å²) in [6, 6.07) is -0.533. The van der Waals surface area contributed by atoms with Crippen LogP contribution < -0.4 is 10.6 Å². The van der Waals surface area contributed by atoms with Gasteiger partial charge < -0.3 is 10.1 Å². The van der Waals surface area contributed by atoms with Crippen LogP contribution in [-0.4, -0.2) is 57.7 Å². The molecule has 0 saturated carbocycles. The van der Waals surface area contributed by atoms with E-state index in [4.69, 9.17) is 4.74 Å². The van der Waals surface area contributed by atoms with Crippen LogP contribution in [0.25, 0.3) is 0 Å². The van der Waals surface area contributed by atoms with Crippen LogP contribution in [0, 0.1) is 0 Å². The minimum atomic E-state index is -0.533. The van der Waals surface area contributed by atoms with E-state index < -0.39 is 11.9 Å². The fourth-order valence-electron chi connectivity index (χ4n) is 1.75. The Morgan fingerprint density at radius 1 is 1.55 bits per heavy atom. The van der Waals surface area contributed by atoms with Crippen molar-refractivity contribution in [3.8, 4) is 0 Å². The third-order valence-corrected chi connectivity index (χ3v) is 3.67. The Morgan fingerprint density at radius 2 is 2.40 bits per heavy atom. The summed E-state index contributed by atoms with van der Waals surface area (Å²) in [6.07, 6.45) is 2.16. The molecule has 0 aromatic carbocycles. The van der Waals surface area contributed by atoms with Crippen LogP contribution in [0.4, 0.5) is 4.79 Å². The average Bonchev–Trinajstić information content (AvgIpc) is 3.08. The van der Waals surface area contributed by atoms with Crippen LogP contribution in [0.1, 0.15) is 12.8 Å². The van der Waals surface area contributed by atoms with Gasteiger partial charge in [0, 0.05) is 13.7 Å². The number of amides is 3. The number of carbonyl (C=O) groups is 2. The highest BCUT2D eigenvalue weighted by Crippen LogP contribution is 2.18. The molecule has 1 atom stereocenters. The molecule has 2 N–H and O–H groups in total. The molecule has 1 aromatic heterocycles. The van der Waals surface area contributed by atoms with Gasteiger partial charge in [0.1, 0.15) is 0 Å². The van der Waals surface area contributed by atoms with Crippen LogP contribution in [0.3, 0.4) is 0 Å². The second kappa shape index (κ2) is 7.20. The van der Waals surface area contributed by atoms with Crippen molar-refractivity contribution in [2.24, 2.45) is 0 Å². The Labute approximate surface area is 119 Å². The monoisotopic (exact) mass is 300 g/mol. The van der Waals surface area contributed by atoms with Gasteiger partial charge in [0.15, 0.2) is 0 Å². The number of nitrogens with one attached hydrogen (secondary N) is 2. The average molecular weight is 300 g/mol. The molecule has 0 spiro atoms. The number of thioether (sulfide) groups is 1. The SMILES string of the molecule is CNC(=O)NC(=O)CSc1nnnn1C[C@@H]1CCCO1. The maximum absolute atomic E-state index is 11.5. The largest absolute Gasteiger partial charge is 0.376 e. The summed E-state index contributed by atoms with van der Waals surface area (Å²) in [5, 5.41) is 16.3. The number of tetrazole rings is 1. The fraction of sp³-hybridized carbons (Fsp3) is 0.700. The number of hydrogen-bond acceptors (Lipinski definition) is 7. The highest BCUT2D eigenvalue weighted by molar-refractivity contribution is 7.99. The summed E-state index contributed by atoms with van der Waals surface area (Å²) in [6.45, 7) is 1.34. The smallest absolute Gasteiger partial charge is 0.321 e. The first kappa shape index (κ1) is 14.7. The number of ether oxygens (including phenoxy) is 1. The summed E-state index contributed by atoms with van der Waals surface area (Å²) >= 11 is 1.18. The molecule has 1 aliphatic rings. The maximum atomic E-state index is 11.5. The Bertz CT molecular complexity index is 473. The van der Waals surface area contributed by atoms with Crippen molar-refractivity contribution in [2.45, 2.75) is 30.6 Å². The molecule has 0 radical (unpaired) electrons. The van der Waals surface area contributed by atoms with Gasteiger partial charge in [0.05, 0.1) is 18.4 Å². The molecule has 0 unspecified atom stereocenters. The second-order valence-corrected chi connectivity index (χ2v) is 5.14. The second-order valence-electron chi connectivity index (χ2n) is 4.19. The fourth-order valence-corrected chi connectivity index (χ4v) is 2.44. The van der Waals surface area contributed by atoms with Gasteiger partial charge in [-0.15, -0.1) is 5.10 Å².